The summed E-state index contributed by atoms with van der Waals surface area (Å²) in [7, 11) is 0. The van der Waals surface area contributed by atoms with E-state index in [1.807, 2.05) is 49.1 Å². The lowest BCUT2D eigenvalue weighted by atomic mass is 9.95. The second kappa shape index (κ2) is 10.1. The van der Waals surface area contributed by atoms with Crippen LogP contribution in [0.5, 0.6) is 5.75 Å². The van der Waals surface area contributed by atoms with Crippen LogP contribution < -0.4 is 10.1 Å². The molecule has 0 aliphatic carbocycles. The van der Waals surface area contributed by atoms with Crippen LogP contribution in [0.1, 0.15) is 39.5 Å². The van der Waals surface area contributed by atoms with Crippen molar-refractivity contribution >= 4 is 11.8 Å². The Labute approximate surface area is 150 Å². The molecule has 0 aromatic heterocycles. The predicted octanol–water partition coefficient (Wildman–Crippen LogP) is 2.86. The van der Waals surface area contributed by atoms with Crippen LogP contribution in [0.15, 0.2) is 30.3 Å². The number of carbonyl (C=O) groups excluding carboxylic acids is 2. The molecule has 0 spiro atoms. The van der Waals surface area contributed by atoms with Crippen LogP contribution in [0.4, 0.5) is 0 Å². The topological polar surface area (TPSA) is 58.6 Å². The molecule has 1 aromatic carbocycles. The molecule has 0 saturated carbocycles. The molecule has 0 radical (unpaired) electrons. The van der Waals surface area contributed by atoms with Gasteiger partial charge in [0.2, 0.25) is 11.8 Å². The van der Waals surface area contributed by atoms with Crippen molar-refractivity contribution in [1.29, 1.82) is 0 Å². The number of amides is 2. The van der Waals surface area contributed by atoms with Gasteiger partial charge in [0.1, 0.15) is 5.75 Å². The minimum Gasteiger partial charge on any atom is -0.494 e. The monoisotopic (exact) mass is 346 g/mol. The molecular formula is C20H30N2O3. The number of nitrogens with zero attached hydrogens (tertiary/aromatic N) is 1. The highest BCUT2D eigenvalue weighted by Gasteiger charge is 2.29. The first-order valence-electron chi connectivity index (χ1n) is 9.36. The molecule has 2 amide bonds. The van der Waals surface area contributed by atoms with Gasteiger partial charge in [-0.15, -0.1) is 0 Å². The Balaban J connectivity index is 1.67. The van der Waals surface area contributed by atoms with Gasteiger partial charge in [-0.2, -0.15) is 0 Å². The highest BCUT2D eigenvalue weighted by atomic mass is 16.5. The van der Waals surface area contributed by atoms with Crippen LogP contribution in [0.3, 0.4) is 0 Å². The zero-order valence-electron chi connectivity index (χ0n) is 15.4. The van der Waals surface area contributed by atoms with Gasteiger partial charge >= 0.3 is 0 Å². The highest BCUT2D eigenvalue weighted by Crippen LogP contribution is 2.19. The van der Waals surface area contributed by atoms with Gasteiger partial charge in [0, 0.05) is 25.6 Å². The summed E-state index contributed by atoms with van der Waals surface area (Å²) in [5.74, 6) is 1.03. The first kappa shape index (κ1) is 19.3. The minimum atomic E-state index is -0.0863. The average Bonchev–Trinajstić information content (AvgIpc) is 2.67. The molecule has 1 aromatic rings. The van der Waals surface area contributed by atoms with Gasteiger partial charge in [0.15, 0.2) is 0 Å². The molecule has 1 fully saturated rings. The SMILES string of the molecule is CC[C@H](C)C(=O)N1CCC[C@H](C(=O)NCCCOc2ccccc2)C1. The lowest BCUT2D eigenvalue weighted by molar-refractivity contribution is -0.138. The van der Waals surface area contributed by atoms with E-state index in [0.29, 0.717) is 19.7 Å². The van der Waals surface area contributed by atoms with E-state index in [0.717, 1.165) is 38.0 Å². The Morgan fingerprint density at radius 1 is 1.32 bits per heavy atom. The van der Waals surface area contributed by atoms with Crippen LogP contribution in [0.25, 0.3) is 0 Å². The van der Waals surface area contributed by atoms with Crippen molar-refractivity contribution in [3.8, 4) is 5.75 Å². The summed E-state index contributed by atoms with van der Waals surface area (Å²) in [5.41, 5.74) is 0. The van der Waals surface area contributed by atoms with Gasteiger partial charge in [-0.25, -0.2) is 0 Å². The molecule has 0 unspecified atom stereocenters. The molecule has 2 rings (SSSR count). The third kappa shape index (κ3) is 6.07. The van der Waals surface area contributed by atoms with E-state index >= 15 is 0 Å². The third-order valence-corrected chi connectivity index (χ3v) is 4.77. The number of benzene rings is 1. The number of para-hydroxylation sites is 1. The summed E-state index contributed by atoms with van der Waals surface area (Å²) in [5, 5.41) is 2.98. The summed E-state index contributed by atoms with van der Waals surface area (Å²) in [6.07, 6.45) is 3.37. The first-order chi connectivity index (χ1) is 12.1. The van der Waals surface area contributed by atoms with Gasteiger partial charge in [-0.3, -0.25) is 9.59 Å². The summed E-state index contributed by atoms with van der Waals surface area (Å²) in [4.78, 5) is 26.5. The summed E-state index contributed by atoms with van der Waals surface area (Å²) in [6.45, 7) is 6.48. The second-order valence-corrected chi connectivity index (χ2v) is 6.74. The van der Waals surface area contributed by atoms with Crippen molar-refractivity contribution in [2.24, 2.45) is 11.8 Å². The summed E-state index contributed by atoms with van der Waals surface area (Å²) in [6, 6.07) is 9.67. The van der Waals surface area contributed by atoms with E-state index in [1.165, 1.54) is 0 Å². The van der Waals surface area contributed by atoms with Crippen molar-refractivity contribution in [3.63, 3.8) is 0 Å². The smallest absolute Gasteiger partial charge is 0.225 e. The van der Waals surface area contributed by atoms with Crippen LogP contribution in [-0.4, -0.2) is 43.0 Å². The molecule has 1 N–H and O–H groups in total. The zero-order valence-corrected chi connectivity index (χ0v) is 15.4. The number of rotatable bonds is 8. The summed E-state index contributed by atoms with van der Waals surface area (Å²) >= 11 is 0. The highest BCUT2D eigenvalue weighted by molar-refractivity contribution is 5.82. The number of ether oxygens (including phenoxy) is 1. The normalized spacial score (nSPS) is 18.5. The number of carbonyl (C=O) groups is 2. The largest absolute Gasteiger partial charge is 0.494 e. The Morgan fingerprint density at radius 3 is 2.80 bits per heavy atom. The molecule has 1 saturated heterocycles. The Morgan fingerprint density at radius 2 is 2.08 bits per heavy atom. The first-order valence-corrected chi connectivity index (χ1v) is 9.36. The molecule has 138 valence electrons. The fraction of sp³-hybridized carbons (Fsp3) is 0.600. The maximum atomic E-state index is 12.3. The van der Waals surface area contributed by atoms with E-state index in [1.54, 1.807) is 0 Å². The molecule has 2 atom stereocenters. The van der Waals surface area contributed by atoms with Crippen molar-refractivity contribution in [2.45, 2.75) is 39.5 Å². The van der Waals surface area contributed by atoms with Crippen LogP contribution >= 0.6 is 0 Å². The maximum absolute atomic E-state index is 12.3. The fourth-order valence-corrected chi connectivity index (χ4v) is 3.01. The van der Waals surface area contributed by atoms with Crippen molar-refractivity contribution in [3.05, 3.63) is 30.3 Å². The molecule has 1 heterocycles. The molecule has 25 heavy (non-hydrogen) atoms. The standard InChI is InChI=1S/C20H30N2O3/c1-3-16(2)20(24)22-13-7-9-17(15-22)19(23)21-12-8-14-25-18-10-5-4-6-11-18/h4-6,10-11,16-17H,3,7-9,12-15H2,1-2H3,(H,21,23)/t16-,17-/m0/s1. The third-order valence-electron chi connectivity index (χ3n) is 4.77. The number of piperidine rings is 1. The fourth-order valence-electron chi connectivity index (χ4n) is 3.01. The predicted molar refractivity (Wildman–Crippen MR) is 98.3 cm³/mol. The van der Waals surface area contributed by atoms with Gasteiger partial charge in [0.05, 0.1) is 12.5 Å². The van der Waals surface area contributed by atoms with Gasteiger partial charge < -0.3 is 15.0 Å². The second-order valence-electron chi connectivity index (χ2n) is 6.74. The lowest BCUT2D eigenvalue weighted by Gasteiger charge is -2.33. The Kier molecular flexibility index (Phi) is 7.76. The van der Waals surface area contributed by atoms with Crippen molar-refractivity contribution < 1.29 is 14.3 Å². The van der Waals surface area contributed by atoms with E-state index in [9.17, 15) is 9.59 Å². The van der Waals surface area contributed by atoms with Crippen LogP contribution in [0.2, 0.25) is 0 Å². The van der Waals surface area contributed by atoms with E-state index in [4.69, 9.17) is 4.74 Å². The molecular weight excluding hydrogens is 316 g/mol. The molecule has 5 nitrogen and oxygen atoms in total. The Bertz CT molecular complexity index is 547. The van der Waals surface area contributed by atoms with Crippen molar-refractivity contribution in [2.75, 3.05) is 26.2 Å². The zero-order chi connectivity index (χ0) is 18.1. The lowest BCUT2D eigenvalue weighted by Crippen LogP contribution is -2.47. The average molecular weight is 346 g/mol. The number of nitrogens with one attached hydrogen (secondary N) is 1. The quantitative estimate of drug-likeness (QED) is 0.737. The van der Waals surface area contributed by atoms with Gasteiger partial charge in [-0.1, -0.05) is 32.0 Å². The van der Waals surface area contributed by atoms with E-state index in [2.05, 4.69) is 5.32 Å². The number of hydrogen-bond donors (Lipinski definition) is 1. The minimum absolute atomic E-state index is 0.0388. The molecule has 0 bridgehead atoms. The van der Waals surface area contributed by atoms with Crippen LogP contribution in [0, 0.1) is 11.8 Å². The Hall–Kier alpha value is -2.04. The van der Waals surface area contributed by atoms with Gasteiger partial charge in [0.25, 0.3) is 0 Å². The molecule has 5 heteroatoms. The molecule has 1 aliphatic rings. The number of hydrogen-bond acceptors (Lipinski definition) is 3. The molecule has 1 aliphatic heterocycles. The summed E-state index contributed by atoms with van der Waals surface area (Å²) < 4.78 is 5.62. The van der Waals surface area contributed by atoms with Crippen LogP contribution in [-0.2, 0) is 9.59 Å². The van der Waals surface area contributed by atoms with Crippen molar-refractivity contribution in [1.82, 2.24) is 10.2 Å². The van der Waals surface area contributed by atoms with E-state index in [-0.39, 0.29) is 23.7 Å². The maximum Gasteiger partial charge on any atom is 0.225 e. The van der Waals surface area contributed by atoms with E-state index < -0.39 is 0 Å². The number of likely N-dealkylation sites (tertiary alicyclic amines) is 1. The van der Waals surface area contributed by atoms with Gasteiger partial charge in [-0.05, 0) is 37.8 Å².